The molecule has 0 atom stereocenters. The minimum atomic E-state index is 0. The summed E-state index contributed by atoms with van der Waals surface area (Å²) in [5, 5.41) is 14.4. The van der Waals surface area contributed by atoms with Crippen molar-refractivity contribution in [2.45, 2.75) is 13.1 Å². The van der Waals surface area contributed by atoms with E-state index in [1.807, 2.05) is 48.5 Å². The highest BCUT2D eigenvalue weighted by Crippen LogP contribution is 2.18. The Balaban J connectivity index is 0.00000280. The van der Waals surface area contributed by atoms with Crippen molar-refractivity contribution in [2.24, 2.45) is 4.99 Å². The van der Waals surface area contributed by atoms with Gasteiger partial charge in [-0.2, -0.15) is 5.10 Å². The molecule has 0 fully saturated rings. The third-order valence-electron chi connectivity index (χ3n) is 3.90. The van der Waals surface area contributed by atoms with E-state index in [4.69, 9.17) is 16.3 Å². The molecule has 28 heavy (non-hydrogen) atoms. The number of hydrogen-bond donors (Lipinski definition) is 3. The Morgan fingerprint density at radius 3 is 2.39 bits per heavy atom. The number of aliphatic imine (C=N–C) groups is 1. The number of ether oxygens (including phenoxy) is 1. The Hall–Kier alpha value is -2.33. The highest BCUT2D eigenvalue weighted by molar-refractivity contribution is 14.0. The fourth-order valence-electron chi connectivity index (χ4n) is 2.42. The molecule has 7 nitrogen and oxygen atoms in total. The quantitative estimate of drug-likeness (QED) is 0.267. The van der Waals surface area contributed by atoms with Gasteiger partial charge in [-0.1, -0.05) is 23.7 Å². The van der Waals surface area contributed by atoms with Gasteiger partial charge in [-0.25, -0.2) is 4.98 Å². The van der Waals surface area contributed by atoms with Gasteiger partial charge in [-0.3, -0.25) is 10.1 Å². The van der Waals surface area contributed by atoms with Gasteiger partial charge in [-0.05, 0) is 42.0 Å². The van der Waals surface area contributed by atoms with Crippen LogP contribution in [0.15, 0.2) is 53.5 Å². The summed E-state index contributed by atoms with van der Waals surface area (Å²) in [6, 6.07) is 15.3. The molecule has 0 aliphatic heterocycles. The Bertz CT molecular complexity index is 896. The third kappa shape index (κ3) is 6.10. The molecule has 0 saturated carbocycles. The van der Waals surface area contributed by atoms with E-state index in [9.17, 15) is 0 Å². The van der Waals surface area contributed by atoms with Crippen LogP contribution in [0.1, 0.15) is 11.4 Å². The van der Waals surface area contributed by atoms with Crippen LogP contribution in [0.2, 0.25) is 5.02 Å². The fourth-order valence-corrected chi connectivity index (χ4v) is 2.55. The number of H-pyrrole nitrogens is 1. The van der Waals surface area contributed by atoms with E-state index in [-0.39, 0.29) is 24.0 Å². The first-order valence-corrected chi connectivity index (χ1v) is 8.80. The lowest BCUT2D eigenvalue weighted by Crippen LogP contribution is -2.36. The van der Waals surface area contributed by atoms with Crippen LogP contribution in [0.3, 0.4) is 0 Å². The summed E-state index contributed by atoms with van der Waals surface area (Å²) in [4.78, 5) is 8.72. The zero-order valence-electron chi connectivity index (χ0n) is 15.6. The number of nitrogens with one attached hydrogen (secondary N) is 3. The van der Waals surface area contributed by atoms with Crippen LogP contribution >= 0.6 is 35.6 Å². The van der Waals surface area contributed by atoms with Crippen molar-refractivity contribution in [1.82, 2.24) is 25.8 Å². The summed E-state index contributed by atoms with van der Waals surface area (Å²) in [6.07, 6.45) is 0. The molecular weight excluding hydrogens is 491 g/mol. The van der Waals surface area contributed by atoms with Gasteiger partial charge in [0.1, 0.15) is 11.6 Å². The largest absolute Gasteiger partial charge is 0.497 e. The number of rotatable bonds is 6. The number of aromatic amines is 1. The molecule has 3 aromatic rings. The number of aromatic nitrogens is 3. The summed E-state index contributed by atoms with van der Waals surface area (Å²) in [6.45, 7) is 1.12. The molecule has 1 heterocycles. The lowest BCUT2D eigenvalue weighted by atomic mass is 10.2. The van der Waals surface area contributed by atoms with Crippen LogP contribution in [0.5, 0.6) is 5.75 Å². The molecule has 9 heteroatoms. The van der Waals surface area contributed by atoms with Gasteiger partial charge in [0.25, 0.3) is 0 Å². The van der Waals surface area contributed by atoms with Crippen molar-refractivity contribution < 1.29 is 4.74 Å². The monoisotopic (exact) mass is 512 g/mol. The number of halogens is 2. The SMILES string of the molecule is CN=C(NCc1ccc(Cl)cc1)NCc1nc(-c2ccc(OC)cc2)n[nH]1.I. The van der Waals surface area contributed by atoms with E-state index in [1.165, 1.54) is 0 Å². The summed E-state index contributed by atoms with van der Waals surface area (Å²) < 4.78 is 5.16. The van der Waals surface area contributed by atoms with E-state index in [0.29, 0.717) is 24.9 Å². The first kappa shape index (κ1) is 22.0. The molecule has 0 aliphatic carbocycles. The van der Waals surface area contributed by atoms with Crippen molar-refractivity contribution in [3.8, 4) is 17.1 Å². The van der Waals surface area contributed by atoms with Crippen LogP contribution in [0.4, 0.5) is 0 Å². The lowest BCUT2D eigenvalue weighted by molar-refractivity contribution is 0.415. The Kier molecular flexibility index (Phi) is 8.52. The molecule has 3 rings (SSSR count). The van der Waals surface area contributed by atoms with Gasteiger partial charge < -0.3 is 15.4 Å². The van der Waals surface area contributed by atoms with Crippen molar-refractivity contribution in [2.75, 3.05) is 14.2 Å². The molecule has 0 aliphatic rings. The van der Waals surface area contributed by atoms with Crippen LogP contribution in [0.25, 0.3) is 11.4 Å². The van der Waals surface area contributed by atoms with Crippen LogP contribution in [0, 0.1) is 0 Å². The minimum absolute atomic E-state index is 0. The van der Waals surface area contributed by atoms with Crippen molar-refractivity contribution >= 4 is 41.5 Å². The summed E-state index contributed by atoms with van der Waals surface area (Å²) in [5.74, 6) is 2.83. The van der Waals surface area contributed by atoms with Crippen molar-refractivity contribution in [1.29, 1.82) is 0 Å². The first-order chi connectivity index (χ1) is 13.2. The van der Waals surface area contributed by atoms with Crippen molar-refractivity contribution in [3.05, 3.63) is 64.9 Å². The molecule has 2 aromatic carbocycles. The first-order valence-electron chi connectivity index (χ1n) is 8.42. The molecule has 0 spiro atoms. The van der Waals surface area contributed by atoms with Crippen molar-refractivity contribution in [3.63, 3.8) is 0 Å². The molecule has 148 valence electrons. The van der Waals surface area contributed by atoms with Gasteiger partial charge >= 0.3 is 0 Å². The van der Waals surface area contributed by atoms with Gasteiger partial charge in [0.15, 0.2) is 11.8 Å². The second-order valence-electron chi connectivity index (χ2n) is 5.74. The average Bonchev–Trinajstić information content (AvgIpc) is 3.18. The Morgan fingerprint density at radius 2 is 1.75 bits per heavy atom. The van der Waals surface area contributed by atoms with E-state index in [0.717, 1.165) is 27.7 Å². The van der Waals surface area contributed by atoms with Gasteiger partial charge in [0, 0.05) is 24.2 Å². The predicted octanol–water partition coefficient (Wildman–Crippen LogP) is 3.62. The third-order valence-corrected chi connectivity index (χ3v) is 4.15. The predicted molar refractivity (Wildman–Crippen MR) is 122 cm³/mol. The Morgan fingerprint density at radius 1 is 1.07 bits per heavy atom. The molecular formula is C19H22ClIN6O. The second kappa shape index (κ2) is 10.9. The average molecular weight is 513 g/mol. The van der Waals surface area contributed by atoms with Crippen LogP contribution < -0.4 is 15.4 Å². The minimum Gasteiger partial charge on any atom is -0.497 e. The summed E-state index contributed by atoms with van der Waals surface area (Å²) in [5.41, 5.74) is 2.03. The maximum Gasteiger partial charge on any atom is 0.191 e. The summed E-state index contributed by atoms with van der Waals surface area (Å²) in [7, 11) is 3.36. The number of nitrogens with zero attached hydrogens (tertiary/aromatic N) is 3. The molecule has 0 radical (unpaired) electrons. The van der Waals surface area contributed by atoms with Gasteiger partial charge in [0.2, 0.25) is 0 Å². The smallest absolute Gasteiger partial charge is 0.191 e. The Labute approximate surface area is 186 Å². The maximum absolute atomic E-state index is 5.90. The van der Waals surface area contributed by atoms with Crippen LogP contribution in [-0.2, 0) is 13.1 Å². The zero-order valence-corrected chi connectivity index (χ0v) is 18.7. The standard InChI is InChI=1S/C19H21ClN6O.HI/c1-21-19(22-11-13-3-7-15(20)8-4-13)23-12-17-24-18(26-25-17)14-5-9-16(27-2)10-6-14;/h3-10H,11-12H2,1-2H3,(H2,21,22,23)(H,24,25,26);1H. The maximum atomic E-state index is 5.90. The number of methoxy groups -OCH3 is 1. The highest BCUT2D eigenvalue weighted by atomic mass is 127. The topological polar surface area (TPSA) is 87.2 Å². The zero-order chi connectivity index (χ0) is 19.1. The number of guanidine groups is 1. The molecule has 0 bridgehead atoms. The number of hydrogen-bond acceptors (Lipinski definition) is 4. The van der Waals surface area contributed by atoms with E-state index in [1.54, 1.807) is 14.2 Å². The second-order valence-corrected chi connectivity index (χ2v) is 6.18. The highest BCUT2D eigenvalue weighted by Gasteiger charge is 2.07. The van der Waals surface area contributed by atoms with Gasteiger partial charge in [-0.15, -0.1) is 24.0 Å². The van der Waals surface area contributed by atoms with Gasteiger partial charge in [0.05, 0.1) is 13.7 Å². The summed E-state index contributed by atoms with van der Waals surface area (Å²) >= 11 is 5.90. The normalized spacial score (nSPS) is 10.9. The van der Waals surface area contributed by atoms with E-state index < -0.39 is 0 Å². The van der Waals surface area contributed by atoms with Crippen LogP contribution in [-0.4, -0.2) is 35.3 Å². The molecule has 3 N–H and O–H groups in total. The molecule has 0 saturated heterocycles. The molecule has 0 unspecified atom stereocenters. The molecule has 1 aromatic heterocycles. The number of benzene rings is 2. The van der Waals surface area contributed by atoms with E-state index >= 15 is 0 Å². The lowest BCUT2D eigenvalue weighted by Gasteiger charge is -2.10. The van der Waals surface area contributed by atoms with E-state index in [2.05, 4.69) is 30.8 Å². The fraction of sp³-hybridized carbons (Fsp3) is 0.211. The molecule has 0 amide bonds.